The minimum Gasteiger partial charge on any atom is -0.462 e. The summed E-state index contributed by atoms with van der Waals surface area (Å²) >= 11 is 1.15. The third-order valence-electron chi connectivity index (χ3n) is 6.77. The van der Waals surface area contributed by atoms with Crippen LogP contribution in [0.3, 0.4) is 0 Å². The fourth-order valence-electron chi connectivity index (χ4n) is 4.65. The van der Waals surface area contributed by atoms with E-state index in [4.69, 9.17) is 9.47 Å². The number of aryl methyl sites for hydroxylation is 1. The van der Waals surface area contributed by atoms with Crippen LogP contribution in [0.4, 0.5) is 10.2 Å². The first-order valence-electron chi connectivity index (χ1n) is 14.1. The molecule has 1 saturated carbocycles. The number of nitrogens with zero attached hydrogens (tertiary/aromatic N) is 4. The molecular weight excluding hydrogens is 569 g/mol. The summed E-state index contributed by atoms with van der Waals surface area (Å²) in [7, 11) is 0. The number of anilines is 1. The van der Waals surface area contributed by atoms with E-state index in [0.717, 1.165) is 17.8 Å². The molecule has 1 atom stereocenters. The molecule has 0 amide bonds. The first kappa shape index (κ1) is 31.7. The van der Waals surface area contributed by atoms with E-state index < -0.39 is 34.8 Å². The van der Waals surface area contributed by atoms with Gasteiger partial charge in [0, 0.05) is 11.6 Å². The number of hydrogen-bond acceptors (Lipinski definition) is 10. The van der Waals surface area contributed by atoms with Crippen molar-refractivity contribution in [1.29, 1.82) is 0 Å². The predicted octanol–water partition coefficient (Wildman–Crippen LogP) is 6.55. The Labute approximate surface area is 254 Å². The number of ether oxygens (including phenoxy) is 2. The lowest BCUT2D eigenvalue weighted by atomic mass is 9.61. The highest BCUT2D eigenvalue weighted by Gasteiger charge is 2.53. The third-order valence-corrected chi connectivity index (χ3v) is 7.77. The predicted molar refractivity (Wildman–Crippen MR) is 163 cm³/mol. The summed E-state index contributed by atoms with van der Waals surface area (Å²) in [5.74, 6) is -1.10. The van der Waals surface area contributed by atoms with Gasteiger partial charge in [-0.25, -0.2) is 19.0 Å². The van der Waals surface area contributed by atoms with Gasteiger partial charge in [0.2, 0.25) is 0 Å². The Morgan fingerprint density at radius 3 is 2.33 bits per heavy atom. The zero-order chi connectivity index (χ0) is 31.0. The molecule has 9 nitrogen and oxygen atoms in total. The number of rotatable bonds is 8. The van der Waals surface area contributed by atoms with Gasteiger partial charge in [0.1, 0.15) is 38.9 Å². The molecule has 0 radical (unpaired) electrons. The van der Waals surface area contributed by atoms with Crippen LogP contribution in [0, 0.1) is 12.7 Å². The Bertz CT molecular complexity index is 1520. The summed E-state index contributed by atoms with van der Waals surface area (Å²) in [4.78, 5) is 34.2. The van der Waals surface area contributed by atoms with Gasteiger partial charge in [-0.1, -0.05) is 42.3 Å². The van der Waals surface area contributed by atoms with Gasteiger partial charge in [0.25, 0.3) is 0 Å². The highest BCUT2D eigenvalue weighted by atomic mass is 32.1. The van der Waals surface area contributed by atoms with E-state index in [9.17, 15) is 14.0 Å². The molecule has 1 N–H and O–H groups in total. The van der Waals surface area contributed by atoms with E-state index in [0.29, 0.717) is 34.2 Å². The quantitative estimate of drug-likeness (QED) is 0.223. The molecule has 43 heavy (non-hydrogen) atoms. The number of nitrogens with one attached hydrogen (secondary N) is 1. The minimum atomic E-state index is -0.926. The van der Waals surface area contributed by atoms with Crippen molar-refractivity contribution in [1.82, 2.24) is 20.2 Å². The van der Waals surface area contributed by atoms with Crippen molar-refractivity contribution in [2.45, 2.75) is 70.9 Å². The lowest BCUT2D eigenvalue weighted by molar-refractivity contribution is -0.158. The lowest BCUT2D eigenvalue weighted by Crippen LogP contribution is -2.56. The molecule has 1 aliphatic carbocycles. The number of thiazole rings is 1. The van der Waals surface area contributed by atoms with Crippen molar-refractivity contribution < 1.29 is 23.5 Å². The largest absolute Gasteiger partial charge is 0.462 e. The summed E-state index contributed by atoms with van der Waals surface area (Å²) < 4.78 is 25.5. The monoisotopic (exact) mass is 605 g/mol. The molecule has 226 valence electrons. The summed E-state index contributed by atoms with van der Waals surface area (Å²) in [6.07, 6.45) is 4.93. The molecule has 11 heteroatoms. The van der Waals surface area contributed by atoms with E-state index in [1.807, 2.05) is 18.2 Å². The van der Waals surface area contributed by atoms with Crippen LogP contribution in [-0.4, -0.2) is 50.4 Å². The van der Waals surface area contributed by atoms with E-state index >= 15 is 0 Å². The van der Waals surface area contributed by atoms with Crippen LogP contribution in [0.15, 0.2) is 67.0 Å². The summed E-state index contributed by atoms with van der Waals surface area (Å²) in [5.41, 5.74) is 0.407. The lowest BCUT2D eigenvalue weighted by Gasteiger charge is -2.46. The second kappa shape index (κ2) is 13.8. The molecule has 5 rings (SSSR count). The number of carbonyl (C=O) groups is 2. The highest BCUT2D eigenvalue weighted by Crippen LogP contribution is 2.48. The second-order valence-corrected chi connectivity index (χ2v) is 12.2. The molecule has 1 aliphatic rings. The molecule has 0 aliphatic heterocycles. The van der Waals surface area contributed by atoms with E-state index in [1.165, 1.54) is 30.1 Å². The number of hydrogen-bond donors (Lipinski definition) is 1. The summed E-state index contributed by atoms with van der Waals surface area (Å²) in [5, 5.41) is 12.1. The molecule has 0 spiro atoms. The van der Waals surface area contributed by atoms with Crippen LogP contribution in [-0.2, 0) is 19.7 Å². The van der Waals surface area contributed by atoms with E-state index in [1.54, 1.807) is 39.8 Å². The average molecular weight is 606 g/mol. The summed E-state index contributed by atoms with van der Waals surface area (Å²) in [6, 6.07) is 15.6. The SMILES string of the molecule is CCOC(=O)c1cnc(-c2ccc(NC(C(=O)OC(C)(C)C)C3(c4ncccc4F)CCC3)nn2)s1.Cc1ccccc1. The molecule has 4 aromatic rings. The zero-order valence-corrected chi connectivity index (χ0v) is 25.8. The zero-order valence-electron chi connectivity index (χ0n) is 25.0. The molecule has 0 bridgehead atoms. The van der Waals surface area contributed by atoms with Crippen LogP contribution < -0.4 is 5.32 Å². The molecule has 3 heterocycles. The van der Waals surface area contributed by atoms with Gasteiger partial charge < -0.3 is 14.8 Å². The van der Waals surface area contributed by atoms with Gasteiger partial charge in [-0.15, -0.1) is 21.5 Å². The Balaban J connectivity index is 0.000000530. The van der Waals surface area contributed by atoms with Crippen LogP contribution in [0.5, 0.6) is 0 Å². The van der Waals surface area contributed by atoms with Crippen molar-refractivity contribution in [3.05, 3.63) is 88.9 Å². The van der Waals surface area contributed by atoms with Gasteiger partial charge in [-0.2, -0.15) is 0 Å². The Kier molecular flexibility index (Phi) is 10.2. The fraction of sp³-hybridized carbons (Fsp3) is 0.375. The van der Waals surface area contributed by atoms with E-state index in [-0.39, 0.29) is 12.3 Å². The normalized spacial score (nSPS) is 14.4. The number of halogens is 1. The maximum atomic E-state index is 14.8. The van der Waals surface area contributed by atoms with Crippen molar-refractivity contribution in [2.75, 3.05) is 11.9 Å². The number of pyridine rings is 1. The first-order chi connectivity index (χ1) is 20.5. The maximum Gasteiger partial charge on any atom is 0.349 e. The van der Waals surface area contributed by atoms with Gasteiger partial charge in [-0.3, -0.25) is 4.98 Å². The highest BCUT2D eigenvalue weighted by molar-refractivity contribution is 7.16. The maximum absolute atomic E-state index is 14.8. The Morgan fingerprint density at radius 1 is 1.05 bits per heavy atom. The second-order valence-electron chi connectivity index (χ2n) is 11.2. The van der Waals surface area contributed by atoms with Crippen molar-refractivity contribution in [3.63, 3.8) is 0 Å². The van der Waals surface area contributed by atoms with Gasteiger partial charge in [-0.05, 0) is 71.7 Å². The topological polar surface area (TPSA) is 116 Å². The van der Waals surface area contributed by atoms with Crippen molar-refractivity contribution >= 4 is 29.1 Å². The molecule has 1 fully saturated rings. The van der Waals surface area contributed by atoms with Crippen LogP contribution in [0.2, 0.25) is 0 Å². The number of benzene rings is 1. The molecule has 3 aromatic heterocycles. The van der Waals surface area contributed by atoms with Gasteiger partial charge >= 0.3 is 11.9 Å². The number of carbonyl (C=O) groups excluding carboxylic acids is 2. The van der Waals surface area contributed by atoms with Gasteiger partial charge in [0.15, 0.2) is 0 Å². The van der Waals surface area contributed by atoms with Gasteiger partial charge in [0.05, 0.1) is 18.5 Å². The van der Waals surface area contributed by atoms with E-state index in [2.05, 4.69) is 44.5 Å². The Morgan fingerprint density at radius 2 is 1.79 bits per heavy atom. The smallest absolute Gasteiger partial charge is 0.349 e. The standard InChI is InChI=1S/C25H28FN5O4S.C7H8/c1-5-34-22(32)17-14-28-21(36-17)16-9-10-18(31-30-16)29-20(23(33)35-24(2,3)4)25(11-7-12-25)19-15(26)8-6-13-27-19;1-7-5-3-2-4-6-7/h6,8-10,13-14,20H,5,7,11-12H2,1-4H3,(H,29,31);2-6H,1H3. The van der Waals surface area contributed by atoms with Crippen molar-refractivity contribution in [3.8, 4) is 10.7 Å². The first-order valence-corrected chi connectivity index (χ1v) is 14.9. The molecular formula is C32H36FN5O4S. The minimum absolute atomic E-state index is 0.235. The molecule has 1 aromatic carbocycles. The molecule has 1 unspecified atom stereocenters. The van der Waals surface area contributed by atoms with Crippen LogP contribution in [0.25, 0.3) is 10.7 Å². The van der Waals surface area contributed by atoms with Crippen LogP contribution in [0.1, 0.15) is 67.9 Å². The van der Waals surface area contributed by atoms with Crippen LogP contribution >= 0.6 is 11.3 Å². The average Bonchev–Trinajstić information content (AvgIpc) is 3.44. The fourth-order valence-corrected chi connectivity index (χ4v) is 5.42. The van der Waals surface area contributed by atoms with Crippen molar-refractivity contribution in [2.24, 2.45) is 0 Å². The number of esters is 2. The third kappa shape index (κ3) is 7.98. The summed E-state index contributed by atoms with van der Waals surface area (Å²) in [6.45, 7) is 9.43. The molecule has 0 saturated heterocycles. The Hall–Kier alpha value is -4.25. The number of aromatic nitrogens is 4.